The zero-order chi connectivity index (χ0) is 14.7. The molecule has 1 unspecified atom stereocenters. The first-order valence-electron chi connectivity index (χ1n) is 8.26. The molecular weight excluding hydrogens is 262 g/mol. The van der Waals surface area contributed by atoms with Crippen LogP contribution in [-0.4, -0.2) is 31.5 Å². The molecule has 0 saturated carbocycles. The van der Waals surface area contributed by atoms with Gasteiger partial charge in [0, 0.05) is 31.5 Å². The van der Waals surface area contributed by atoms with Crippen molar-refractivity contribution in [1.29, 1.82) is 0 Å². The van der Waals surface area contributed by atoms with Crippen LogP contribution in [0.4, 0.5) is 5.69 Å². The minimum atomic E-state index is 0.0565. The second-order valence-electron chi connectivity index (χ2n) is 6.72. The summed E-state index contributed by atoms with van der Waals surface area (Å²) >= 11 is 0. The number of ether oxygens (including phenoxy) is 2. The molecule has 2 saturated heterocycles. The van der Waals surface area contributed by atoms with Crippen LogP contribution in [0.1, 0.15) is 51.0 Å². The summed E-state index contributed by atoms with van der Waals surface area (Å²) < 4.78 is 11.6. The van der Waals surface area contributed by atoms with Crippen molar-refractivity contribution in [3.63, 3.8) is 0 Å². The molecule has 1 spiro atoms. The SMILES string of the molecule is CC(C)c1ccccc1NC1CCOC2(CCOCC2)C1. The first kappa shape index (κ1) is 14.9. The molecule has 2 aliphatic heterocycles. The Bertz CT molecular complexity index is 461. The lowest BCUT2D eigenvalue weighted by molar-refractivity contribution is -0.135. The molecule has 1 atom stereocenters. The molecule has 2 aliphatic rings. The van der Waals surface area contributed by atoms with Gasteiger partial charge in [0.25, 0.3) is 0 Å². The molecule has 116 valence electrons. The average Bonchev–Trinajstić information content (AvgIpc) is 2.48. The number of rotatable bonds is 3. The molecule has 21 heavy (non-hydrogen) atoms. The van der Waals surface area contributed by atoms with Gasteiger partial charge in [0.2, 0.25) is 0 Å². The van der Waals surface area contributed by atoms with E-state index >= 15 is 0 Å². The van der Waals surface area contributed by atoms with E-state index in [0.29, 0.717) is 12.0 Å². The average molecular weight is 289 g/mol. The minimum absolute atomic E-state index is 0.0565. The van der Waals surface area contributed by atoms with Crippen LogP contribution < -0.4 is 5.32 Å². The topological polar surface area (TPSA) is 30.5 Å². The van der Waals surface area contributed by atoms with Gasteiger partial charge in [0.1, 0.15) is 0 Å². The molecule has 3 heteroatoms. The van der Waals surface area contributed by atoms with E-state index in [0.717, 1.165) is 45.5 Å². The molecule has 0 aromatic heterocycles. The second-order valence-corrected chi connectivity index (χ2v) is 6.72. The number of benzene rings is 1. The highest BCUT2D eigenvalue weighted by atomic mass is 16.5. The number of para-hydroxylation sites is 1. The van der Waals surface area contributed by atoms with Crippen LogP contribution in [0.3, 0.4) is 0 Å². The Morgan fingerprint density at radius 3 is 2.67 bits per heavy atom. The fourth-order valence-corrected chi connectivity index (χ4v) is 3.59. The molecule has 0 amide bonds. The van der Waals surface area contributed by atoms with E-state index in [1.165, 1.54) is 11.3 Å². The van der Waals surface area contributed by atoms with Gasteiger partial charge in [-0.25, -0.2) is 0 Å². The van der Waals surface area contributed by atoms with E-state index in [1.54, 1.807) is 0 Å². The lowest BCUT2D eigenvalue weighted by Gasteiger charge is -2.43. The first-order valence-corrected chi connectivity index (χ1v) is 8.26. The maximum absolute atomic E-state index is 6.13. The number of hydrogen-bond acceptors (Lipinski definition) is 3. The van der Waals surface area contributed by atoms with Crippen LogP contribution in [0.2, 0.25) is 0 Å². The number of nitrogens with one attached hydrogen (secondary N) is 1. The Morgan fingerprint density at radius 2 is 1.90 bits per heavy atom. The first-order chi connectivity index (χ1) is 10.2. The third-order valence-corrected chi connectivity index (χ3v) is 4.84. The number of hydrogen-bond donors (Lipinski definition) is 1. The molecule has 2 heterocycles. The summed E-state index contributed by atoms with van der Waals surface area (Å²) in [5.74, 6) is 0.547. The van der Waals surface area contributed by atoms with Crippen LogP contribution in [-0.2, 0) is 9.47 Å². The van der Waals surface area contributed by atoms with Crippen LogP contribution in [0.15, 0.2) is 24.3 Å². The van der Waals surface area contributed by atoms with Crippen LogP contribution in [0, 0.1) is 0 Å². The highest BCUT2D eigenvalue weighted by Crippen LogP contribution is 2.36. The van der Waals surface area contributed by atoms with Crippen LogP contribution in [0.5, 0.6) is 0 Å². The van der Waals surface area contributed by atoms with Crippen molar-refractivity contribution < 1.29 is 9.47 Å². The normalized spacial score (nSPS) is 25.2. The van der Waals surface area contributed by atoms with Crippen LogP contribution >= 0.6 is 0 Å². The maximum atomic E-state index is 6.13. The highest BCUT2D eigenvalue weighted by molar-refractivity contribution is 5.53. The van der Waals surface area contributed by atoms with Gasteiger partial charge >= 0.3 is 0 Å². The Labute approximate surface area is 128 Å². The van der Waals surface area contributed by atoms with Gasteiger partial charge in [-0.1, -0.05) is 32.0 Å². The summed E-state index contributed by atoms with van der Waals surface area (Å²) in [7, 11) is 0. The summed E-state index contributed by atoms with van der Waals surface area (Å²) in [4.78, 5) is 0. The quantitative estimate of drug-likeness (QED) is 0.914. The van der Waals surface area contributed by atoms with Gasteiger partial charge < -0.3 is 14.8 Å². The minimum Gasteiger partial charge on any atom is -0.382 e. The Balaban J connectivity index is 1.70. The molecule has 0 bridgehead atoms. The molecule has 3 nitrogen and oxygen atoms in total. The Kier molecular flexibility index (Phi) is 4.51. The van der Waals surface area contributed by atoms with E-state index < -0.39 is 0 Å². The highest BCUT2D eigenvalue weighted by Gasteiger charge is 2.39. The molecule has 0 aliphatic carbocycles. The summed E-state index contributed by atoms with van der Waals surface area (Å²) in [6.07, 6.45) is 4.27. The van der Waals surface area contributed by atoms with Gasteiger partial charge in [-0.15, -0.1) is 0 Å². The Morgan fingerprint density at radius 1 is 1.14 bits per heavy atom. The zero-order valence-corrected chi connectivity index (χ0v) is 13.2. The fraction of sp³-hybridized carbons (Fsp3) is 0.667. The predicted molar refractivity (Wildman–Crippen MR) is 85.9 cm³/mol. The second kappa shape index (κ2) is 6.37. The van der Waals surface area contributed by atoms with Gasteiger partial charge in [-0.05, 0) is 43.2 Å². The van der Waals surface area contributed by atoms with E-state index in [9.17, 15) is 0 Å². The lowest BCUT2D eigenvalue weighted by Crippen LogP contribution is -2.47. The summed E-state index contributed by atoms with van der Waals surface area (Å²) in [5.41, 5.74) is 2.76. The van der Waals surface area contributed by atoms with Crippen molar-refractivity contribution in [2.75, 3.05) is 25.1 Å². The van der Waals surface area contributed by atoms with Crippen molar-refractivity contribution >= 4 is 5.69 Å². The molecule has 2 fully saturated rings. The van der Waals surface area contributed by atoms with E-state index in [1.807, 2.05) is 0 Å². The van der Waals surface area contributed by atoms with Crippen molar-refractivity contribution in [1.82, 2.24) is 0 Å². The molecule has 1 aromatic carbocycles. The van der Waals surface area contributed by atoms with E-state index in [4.69, 9.17) is 9.47 Å². The van der Waals surface area contributed by atoms with Crippen LogP contribution in [0.25, 0.3) is 0 Å². The third-order valence-electron chi connectivity index (χ3n) is 4.84. The van der Waals surface area contributed by atoms with Gasteiger partial charge in [0.05, 0.1) is 5.60 Å². The lowest BCUT2D eigenvalue weighted by atomic mass is 9.84. The molecule has 0 radical (unpaired) electrons. The molecule has 1 N–H and O–H groups in total. The Hall–Kier alpha value is -1.06. The summed E-state index contributed by atoms with van der Waals surface area (Å²) in [6.45, 7) is 7.06. The predicted octanol–water partition coefficient (Wildman–Crippen LogP) is 3.95. The maximum Gasteiger partial charge on any atom is 0.0745 e. The third kappa shape index (κ3) is 3.41. The van der Waals surface area contributed by atoms with Crippen molar-refractivity contribution in [2.45, 2.75) is 57.1 Å². The van der Waals surface area contributed by atoms with Gasteiger partial charge in [-0.2, -0.15) is 0 Å². The number of anilines is 1. The largest absolute Gasteiger partial charge is 0.382 e. The van der Waals surface area contributed by atoms with Gasteiger partial charge in [-0.3, -0.25) is 0 Å². The monoisotopic (exact) mass is 289 g/mol. The van der Waals surface area contributed by atoms with Crippen molar-refractivity contribution in [3.05, 3.63) is 29.8 Å². The molecule has 1 aromatic rings. The zero-order valence-electron chi connectivity index (χ0n) is 13.2. The summed E-state index contributed by atoms with van der Waals surface area (Å²) in [6, 6.07) is 9.21. The van der Waals surface area contributed by atoms with Crippen molar-refractivity contribution in [2.24, 2.45) is 0 Å². The molecule has 3 rings (SSSR count). The standard InChI is InChI=1S/C18H27NO2/c1-14(2)16-5-3-4-6-17(16)19-15-7-10-21-18(13-15)8-11-20-12-9-18/h3-6,14-15,19H,7-13H2,1-2H3. The van der Waals surface area contributed by atoms with Gasteiger partial charge in [0.15, 0.2) is 0 Å². The molecular formula is C18H27NO2. The van der Waals surface area contributed by atoms with E-state index in [2.05, 4.69) is 43.4 Å². The van der Waals surface area contributed by atoms with Crippen molar-refractivity contribution in [3.8, 4) is 0 Å². The summed E-state index contributed by atoms with van der Waals surface area (Å²) in [5, 5.41) is 3.78. The smallest absolute Gasteiger partial charge is 0.0745 e. The fourth-order valence-electron chi connectivity index (χ4n) is 3.59. The van der Waals surface area contributed by atoms with E-state index in [-0.39, 0.29) is 5.60 Å².